The average molecular weight is 469 g/mol. The van der Waals surface area contributed by atoms with Crippen LogP contribution in [0.4, 0.5) is 0 Å². The Morgan fingerprint density at radius 2 is 1.82 bits per heavy atom. The van der Waals surface area contributed by atoms with E-state index in [9.17, 15) is 9.59 Å². The molecule has 8 nitrogen and oxygen atoms in total. The highest BCUT2D eigenvalue weighted by molar-refractivity contribution is 7.20. The van der Waals surface area contributed by atoms with Gasteiger partial charge in [-0.2, -0.15) is 5.10 Å². The zero-order chi connectivity index (χ0) is 23.1. The van der Waals surface area contributed by atoms with E-state index in [0.29, 0.717) is 43.6 Å². The molecule has 3 aromatic rings. The number of hydrogen-bond donors (Lipinski definition) is 0. The van der Waals surface area contributed by atoms with Gasteiger partial charge < -0.3 is 19.3 Å². The molecule has 0 radical (unpaired) electrons. The fourth-order valence-corrected chi connectivity index (χ4v) is 5.46. The van der Waals surface area contributed by atoms with E-state index in [4.69, 9.17) is 9.47 Å². The third kappa shape index (κ3) is 4.17. The van der Waals surface area contributed by atoms with Crippen LogP contribution in [0, 0.1) is 12.8 Å². The number of rotatable bonds is 4. The molecule has 1 saturated heterocycles. The van der Waals surface area contributed by atoms with Crippen LogP contribution >= 0.6 is 11.3 Å². The monoisotopic (exact) mass is 468 g/mol. The van der Waals surface area contributed by atoms with Crippen LogP contribution in [0.3, 0.4) is 0 Å². The maximum atomic E-state index is 13.2. The Hall–Kier alpha value is -3.07. The largest absolute Gasteiger partial charge is 0.485 e. The van der Waals surface area contributed by atoms with Crippen LogP contribution in [-0.4, -0.2) is 70.3 Å². The standard InChI is InChI=1S/C24H28N4O4S/c1-15(2)13-28-24-17(16(3)25-28)12-21(33-24)23(30)27-10-8-26(9-11-27)22(29)20-14-31-18-6-4-5-7-19(18)32-20/h4-7,12,15,20H,8-11,13-14H2,1-3H3. The summed E-state index contributed by atoms with van der Waals surface area (Å²) < 4.78 is 13.6. The topological polar surface area (TPSA) is 76.9 Å². The van der Waals surface area contributed by atoms with E-state index in [1.807, 2.05) is 40.8 Å². The summed E-state index contributed by atoms with van der Waals surface area (Å²) in [5, 5.41) is 5.68. The highest BCUT2D eigenvalue weighted by Crippen LogP contribution is 2.32. The summed E-state index contributed by atoms with van der Waals surface area (Å²) in [6.07, 6.45) is -0.656. The predicted molar refractivity (Wildman–Crippen MR) is 126 cm³/mol. The lowest BCUT2D eigenvalue weighted by Crippen LogP contribution is -2.55. The maximum absolute atomic E-state index is 13.2. The summed E-state index contributed by atoms with van der Waals surface area (Å²) in [4.78, 5) is 31.5. The smallest absolute Gasteiger partial charge is 0.267 e. The Balaban J connectivity index is 1.22. The van der Waals surface area contributed by atoms with Crippen LogP contribution in [0.5, 0.6) is 11.5 Å². The van der Waals surface area contributed by atoms with E-state index >= 15 is 0 Å². The third-order valence-electron chi connectivity index (χ3n) is 6.02. The molecule has 2 aromatic heterocycles. The van der Waals surface area contributed by atoms with Crippen molar-refractivity contribution < 1.29 is 19.1 Å². The number of aromatic nitrogens is 2. The molecule has 0 aliphatic carbocycles. The lowest BCUT2D eigenvalue weighted by atomic mass is 10.2. The van der Waals surface area contributed by atoms with Gasteiger partial charge in [-0.25, -0.2) is 0 Å². The SMILES string of the molecule is Cc1nn(CC(C)C)c2sc(C(=O)N3CCN(C(=O)C4COc5ccccc5O4)CC3)cc12. The molecule has 1 atom stereocenters. The summed E-state index contributed by atoms with van der Waals surface area (Å²) in [6.45, 7) is 9.30. The molecule has 4 heterocycles. The van der Waals surface area contributed by atoms with Gasteiger partial charge in [0.2, 0.25) is 6.10 Å². The number of amides is 2. The van der Waals surface area contributed by atoms with E-state index in [1.54, 1.807) is 11.0 Å². The zero-order valence-electron chi connectivity index (χ0n) is 19.1. The number of piperazine rings is 1. The van der Waals surface area contributed by atoms with E-state index < -0.39 is 6.10 Å². The van der Waals surface area contributed by atoms with Crippen molar-refractivity contribution >= 4 is 33.4 Å². The first kappa shape index (κ1) is 21.8. The van der Waals surface area contributed by atoms with Gasteiger partial charge in [0.05, 0.1) is 10.6 Å². The van der Waals surface area contributed by atoms with Gasteiger partial charge in [0.1, 0.15) is 11.4 Å². The highest BCUT2D eigenvalue weighted by atomic mass is 32.1. The Labute approximate surface area is 196 Å². The van der Waals surface area contributed by atoms with Crippen LogP contribution < -0.4 is 9.47 Å². The minimum absolute atomic E-state index is 0.0185. The fourth-order valence-electron chi connectivity index (χ4n) is 4.32. The zero-order valence-corrected chi connectivity index (χ0v) is 19.9. The van der Waals surface area contributed by atoms with Crippen molar-refractivity contribution in [1.29, 1.82) is 0 Å². The van der Waals surface area contributed by atoms with Crippen LogP contribution in [0.2, 0.25) is 0 Å². The van der Waals surface area contributed by atoms with Crippen molar-refractivity contribution in [2.45, 2.75) is 33.4 Å². The van der Waals surface area contributed by atoms with Gasteiger partial charge in [0, 0.05) is 38.1 Å². The van der Waals surface area contributed by atoms with Gasteiger partial charge in [-0.3, -0.25) is 14.3 Å². The third-order valence-corrected chi connectivity index (χ3v) is 7.16. The van der Waals surface area contributed by atoms with Gasteiger partial charge in [-0.05, 0) is 31.0 Å². The van der Waals surface area contributed by atoms with Gasteiger partial charge in [-0.1, -0.05) is 26.0 Å². The van der Waals surface area contributed by atoms with E-state index in [-0.39, 0.29) is 18.4 Å². The number of para-hydroxylation sites is 2. The molecular formula is C24H28N4O4S. The van der Waals surface area contributed by atoms with Crippen LogP contribution in [-0.2, 0) is 11.3 Å². The molecule has 2 aliphatic rings. The number of benzene rings is 1. The number of fused-ring (bicyclic) bond motifs is 2. The van der Waals surface area contributed by atoms with E-state index in [1.165, 1.54) is 11.3 Å². The highest BCUT2D eigenvalue weighted by Gasteiger charge is 2.34. The number of hydrogen-bond acceptors (Lipinski definition) is 6. The van der Waals surface area contributed by atoms with Crippen molar-refractivity contribution in [3.8, 4) is 11.5 Å². The normalized spacial score (nSPS) is 18.2. The lowest BCUT2D eigenvalue weighted by Gasteiger charge is -2.37. The Bertz CT molecular complexity index is 1190. The summed E-state index contributed by atoms with van der Waals surface area (Å²) in [6, 6.07) is 9.33. The molecule has 1 aromatic carbocycles. The molecule has 33 heavy (non-hydrogen) atoms. The number of aryl methyl sites for hydroxylation is 1. The molecule has 1 unspecified atom stereocenters. The van der Waals surface area contributed by atoms with Gasteiger partial charge >= 0.3 is 0 Å². The molecular weight excluding hydrogens is 440 g/mol. The first-order chi connectivity index (χ1) is 15.9. The minimum atomic E-state index is -0.656. The second kappa shape index (κ2) is 8.70. The van der Waals surface area contributed by atoms with Crippen LogP contribution in [0.1, 0.15) is 29.2 Å². The van der Waals surface area contributed by atoms with Gasteiger partial charge in [0.25, 0.3) is 11.8 Å². The van der Waals surface area contributed by atoms with E-state index in [2.05, 4.69) is 18.9 Å². The molecule has 174 valence electrons. The molecule has 2 aliphatic heterocycles. The maximum Gasteiger partial charge on any atom is 0.267 e. The van der Waals surface area contributed by atoms with Crippen molar-refractivity contribution in [3.63, 3.8) is 0 Å². The Morgan fingerprint density at radius 3 is 2.55 bits per heavy atom. The summed E-state index contributed by atoms with van der Waals surface area (Å²) >= 11 is 1.50. The first-order valence-corrected chi connectivity index (χ1v) is 12.2. The summed E-state index contributed by atoms with van der Waals surface area (Å²) in [5.41, 5.74) is 0.952. The van der Waals surface area contributed by atoms with Crippen molar-refractivity contribution in [2.75, 3.05) is 32.8 Å². The quantitative estimate of drug-likeness (QED) is 0.588. The molecule has 9 heteroatoms. The molecule has 0 saturated carbocycles. The molecule has 0 N–H and O–H groups in total. The molecule has 0 bridgehead atoms. The van der Waals surface area contributed by atoms with Crippen LogP contribution in [0.15, 0.2) is 30.3 Å². The Kier molecular flexibility index (Phi) is 5.74. The average Bonchev–Trinajstić information content (AvgIpc) is 3.38. The second-order valence-corrected chi connectivity index (χ2v) is 10.0. The molecule has 0 spiro atoms. The van der Waals surface area contributed by atoms with Crippen LogP contribution in [0.25, 0.3) is 10.2 Å². The minimum Gasteiger partial charge on any atom is -0.485 e. The number of ether oxygens (including phenoxy) is 2. The van der Waals surface area contributed by atoms with Crippen molar-refractivity contribution in [3.05, 3.63) is 40.9 Å². The molecule has 2 amide bonds. The number of carbonyl (C=O) groups is 2. The number of nitrogens with zero attached hydrogens (tertiary/aromatic N) is 4. The lowest BCUT2D eigenvalue weighted by molar-refractivity contribution is -0.142. The van der Waals surface area contributed by atoms with Gasteiger partial charge in [0.15, 0.2) is 11.5 Å². The first-order valence-electron chi connectivity index (χ1n) is 11.3. The second-order valence-electron chi connectivity index (χ2n) is 8.97. The fraction of sp³-hybridized carbons (Fsp3) is 0.458. The van der Waals surface area contributed by atoms with E-state index in [0.717, 1.165) is 27.3 Å². The predicted octanol–water partition coefficient (Wildman–Crippen LogP) is 3.19. The number of thiophene rings is 1. The molecule has 1 fully saturated rings. The van der Waals surface area contributed by atoms with Gasteiger partial charge in [-0.15, -0.1) is 11.3 Å². The summed E-state index contributed by atoms with van der Waals surface area (Å²) in [7, 11) is 0. The van der Waals surface area contributed by atoms with Crippen molar-refractivity contribution in [1.82, 2.24) is 19.6 Å². The Morgan fingerprint density at radius 1 is 1.12 bits per heavy atom. The molecule has 5 rings (SSSR count). The van der Waals surface area contributed by atoms with Crippen molar-refractivity contribution in [2.24, 2.45) is 5.92 Å². The number of carbonyl (C=O) groups excluding carboxylic acids is 2. The summed E-state index contributed by atoms with van der Waals surface area (Å²) in [5.74, 6) is 1.65.